The van der Waals surface area contributed by atoms with E-state index in [1.807, 2.05) is 6.92 Å². The molecule has 140 valence electrons. The van der Waals surface area contributed by atoms with Gasteiger partial charge in [-0.3, -0.25) is 9.59 Å². The van der Waals surface area contributed by atoms with Gasteiger partial charge in [0, 0.05) is 25.7 Å². The fourth-order valence-electron chi connectivity index (χ4n) is 3.21. The van der Waals surface area contributed by atoms with E-state index in [0.717, 1.165) is 43.4 Å². The van der Waals surface area contributed by atoms with Crippen LogP contribution in [-0.2, 0) is 16.0 Å². The molecule has 2 aliphatic rings. The van der Waals surface area contributed by atoms with Crippen molar-refractivity contribution in [1.82, 2.24) is 20.1 Å². The first-order valence-corrected chi connectivity index (χ1v) is 9.80. The lowest BCUT2D eigenvalue weighted by Crippen LogP contribution is -2.35. The van der Waals surface area contributed by atoms with Gasteiger partial charge in [0.15, 0.2) is 11.6 Å². The second-order valence-corrected chi connectivity index (χ2v) is 7.65. The highest BCUT2D eigenvalue weighted by Crippen LogP contribution is 2.31. The van der Waals surface area contributed by atoms with Gasteiger partial charge in [0.25, 0.3) is 0 Å². The van der Waals surface area contributed by atoms with Gasteiger partial charge in [0.2, 0.25) is 17.0 Å². The largest absolute Gasteiger partial charge is 0.340 e. The number of hydrogen-bond donors (Lipinski definition) is 0. The summed E-state index contributed by atoms with van der Waals surface area (Å²) in [7, 11) is 0. The van der Waals surface area contributed by atoms with Crippen molar-refractivity contribution in [3.05, 3.63) is 34.6 Å². The van der Waals surface area contributed by atoms with Crippen LogP contribution >= 0.6 is 11.8 Å². The highest BCUT2D eigenvalue weighted by Gasteiger charge is 2.28. The molecule has 0 N–H and O–H groups in total. The highest BCUT2D eigenvalue weighted by molar-refractivity contribution is 8.18. The standard InChI is InChI=1S/C18H19N5O3S/c1-2-15-21-17(26-22-15)11-4-3-7-23(10-11)18-19-6-5-12(20-18)8-14-13(24)9-16(25)27-14/h5-6,8,11H,2-4,7,9-10H2,1H3/b14-8-. The summed E-state index contributed by atoms with van der Waals surface area (Å²) in [6.07, 6.45) is 6.01. The van der Waals surface area contributed by atoms with Crippen LogP contribution in [-0.4, -0.2) is 44.1 Å². The van der Waals surface area contributed by atoms with Gasteiger partial charge in [-0.2, -0.15) is 4.98 Å². The minimum Gasteiger partial charge on any atom is -0.340 e. The summed E-state index contributed by atoms with van der Waals surface area (Å²) in [6, 6.07) is 1.74. The molecule has 0 aliphatic carbocycles. The maximum Gasteiger partial charge on any atom is 0.231 e. The molecule has 0 saturated carbocycles. The van der Waals surface area contributed by atoms with Crippen molar-refractivity contribution >= 4 is 34.7 Å². The third-order valence-electron chi connectivity index (χ3n) is 4.60. The van der Waals surface area contributed by atoms with E-state index in [4.69, 9.17) is 4.52 Å². The minimum absolute atomic E-state index is 0.0355. The average Bonchev–Trinajstić information content (AvgIpc) is 3.28. The number of thioether (sulfide) groups is 1. The zero-order valence-corrected chi connectivity index (χ0v) is 15.7. The third kappa shape index (κ3) is 3.92. The average molecular weight is 385 g/mol. The lowest BCUT2D eigenvalue weighted by atomic mass is 9.98. The van der Waals surface area contributed by atoms with Gasteiger partial charge >= 0.3 is 0 Å². The quantitative estimate of drug-likeness (QED) is 0.579. The van der Waals surface area contributed by atoms with Crippen LogP contribution in [0, 0.1) is 0 Å². The van der Waals surface area contributed by atoms with E-state index in [2.05, 4.69) is 25.0 Å². The molecule has 2 fully saturated rings. The first-order chi connectivity index (χ1) is 13.1. The molecule has 4 heterocycles. The van der Waals surface area contributed by atoms with Crippen molar-refractivity contribution in [1.29, 1.82) is 0 Å². The molecule has 0 aromatic carbocycles. The lowest BCUT2D eigenvalue weighted by Gasteiger charge is -2.31. The van der Waals surface area contributed by atoms with Gasteiger partial charge in [0.05, 0.1) is 22.9 Å². The molecule has 0 amide bonds. The van der Waals surface area contributed by atoms with Gasteiger partial charge in [-0.15, -0.1) is 0 Å². The summed E-state index contributed by atoms with van der Waals surface area (Å²) in [6.45, 7) is 3.55. The number of carbonyl (C=O) groups is 2. The number of allylic oxidation sites excluding steroid dienone is 1. The highest BCUT2D eigenvalue weighted by atomic mass is 32.2. The molecule has 1 atom stereocenters. The Bertz CT molecular complexity index is 910. The second kappa shape index (κ2) is 7.59. The Morgan fingerprint density at radius 1 is 1.37 bits per heavy atom. The fourth-order valence-corrected chi connectivity index (χ4v) is 4.02. The number of hydrogen-bond acceptors (Lipinski definition) is 9. The molecule has 2 aromatic heterocycles. The maximum absolute atomic E-state index is 11.8. The molecule has 2 aromatic rings. The van der Waals surface area contributed by atoms with E-state index in [1.54, 1.807) is 18.3 Å². The summed E-state index contributed by atoms with van der Waals surface area (Å²) in [5, 5.41) is 3.87. The Hall–Kier alpha value is -2.55. The van der Waals surface area contributed by atoms with Crippen LogP contribution in [0.15, 0.2) is 21.7 Å². The van der Waals surface area contributed by atoms with Gasteiger partial charge in [-0.05, 0) is 36.7 Å². The summed E-state index contributed by atoms with van der Waals surface area (Å²) in [4.78, 5) is 39.2. The predicted octanol–water partition coefficient (Wildman–Crippen LogP) is 2.38. The molecule has 8 nitrogen and oxygen atoms in total. The van der Waals surface area contributed by atoms with Crippen LogP contribution in [0.5, 0.6) is 0 Å². The van der Waals surface area contributed by atoms with Gasteiger partial charge in [0.1, 0.15) is 0 Å². The molecule has 27 heavy (non-hydrogen) atoms. The van der Waals surface area contributed by atoms with Gasteiger partial charge in [-0.1, -0.05) is 12.1 Å². The van der Waals surface area contributed by atoms with E-state index in [0.29, 0.717) is 29.0 Å². The number of aromatic nitrogens is 4. The summed E-state index contributed by atoms with van der Waals surface area (Å²) in [5.74, 6) is 2.00. The fraction of sp³-hybridized carbons (Fsp3) is 0.444. The first kappa shape index (κ1) is 17.8. The minimum atomic E-state index is -0.147. The zero-order chi connectivity index (χ0) is 18.8. The SMILES string of the molecule is CCc1noc(C2CCCN(c3nccc(/C=C4\SC(=O)CC4=O)n3)C2)n1. The molecule has 9 heteroatoms. The summed E-state index contributed by atoms with van der Waals surface area (Å²) >= 11 is 0.983. The number of aryl methyl sites for hydroxylation is 1. The molecule has 1 unspecified atom stereocenters. The molecule has 2 aliphatic heterocycles. The number of rotatable bonds is 4. The molecule has 2 saturated heterocycles. The number of anilines is 1. The van der Waals surface area contributed by atoms with Crippen LogP contribution in [0.25, 0.3) is 6.08 Å². The number of Topliss-reactive ketones (excluding diaryl/α,β-unsaturated/α-hetero) is 1. The second-order valence-electron chi connectivity index (χ2n) is 6.55. The number of nitrogens with zero attached hydrogens (tertiary/aromatic N) is 5. The van der Waals surface area contributed by atoms with Crippen molar-refractivity contribution in [3.63, 3.8) is 0 Å². The van der Waals surface area contributed by atoms with Crippen molar-refractivity contribution in [2.75, 3.05) is 18.0 Å². The maximum atomic E-state index is 11.8. The van der Waals surface area contributed by atoms with Crippen LogP contribution in [0.1, 0.15) is 49.5 Å². The van der Waals surface area contributed by atoms with Crippen molar-refractivity contribution in [3.8, 4) is 0 Å². The Morgan fingerprint density at radius 2 is 2.26 bits per heavy atom. The Kier molecular flexibility index (Phi) is 5.02. The number of carbonyl (C=O) groups excluding carboxylic acids is 2. The number of piperidine rings is 1. The van der Waals surface area contributed by atoms with Crippen molar-refractivity contribution < 1.29 is 14.1 Å². The Morgan fingerprint density at radius 3 is 3.00 bits per heavy atom. The third-order valence-corrected chi connectivity index (χ3v) is 5.54. The summed E-state index contributed by atoms with van der Waals surface area (Å²) < 4.78 is 5.40. The van der Waals surface area contributed by atoms with Gasteiger partial charge < -0.3 is 9.42 Å². The normalized spacial score (nSPS) is 22.0. The van der Waals surface area contributed by atoms with E-state index in [9.17, 15) is 9.59 Å². The monoisotopic (exact) mass is 385 g/mol. The van der Waals surface area contributed by atoms with E-state index in [1.165, 1.54) is 0 Å². The van der Waals surface area contributed by atoms with Crippen molar-refractivity contribution in [2.45, 2.75) is 38.5 Å². The van der Waals surface area contributed by atoms with Crippen LogP contribution in [0.2, 0.25) is 0 Å². The molecular formula is C18H19N5O3S. The molecule has 0 spiro atoms. The van der Waals surface area contributed by atoms with Crippen LogP contribution in [0.4, 0.5) is 5.95 Å². The van der Waals surface area contributed by atoms with Crippen LogP contribution < -0.4 is 4.90 Å². The zero-order valence-electron chi connectivity index (χ0n) is 14.9. The molecule has 4 rings (SSSR count). The Balaban J connectivity index is 1.52. The lowest BCUT2D eigenvalue weighted by molar-refractivity contribution is -0.119. The molecular weight excluding hydrogens is 366 g/mol. The van der Waals surface area contributed by atoms with Crippen molar-refractivity contribution in [2.24, 2.45) is 0 Å². The smallest absolute Gasteiger partial charge is 0.231 e. The first-order valence-electron chi connectivity index (χ1n) is 8.98. The Labute approximate surface area is 160 Å². The summed E-state index contributed by atoms with van der Waals surface area (Å²) in [5.41, 5.74) is 0.624. The molecule has 0 bridgehead atoms. The van der Waals surface area contributed by atoms with Gasteiger partial charge in [-0.25, -0.2) is 9.97 Å². The number of ketones is 1. The molecule has 0 radical (unpaired) electrons. The van der Waals surface area contributed by atoms with E-state index < -0.39 is 0 Å². The van der Waals surface area contributed by atoms with E-state index in [-0.39, 0.29) is 23.2 Å². The van der Waals surface area contributed by atoms with Crippen LogP contribution in [0.3, 0.4) is 0 Å². The predicted molar refractivity (Wildman–Crippen MR) is 100 cm³/mol. The topological polar surface area (TPSA) is 102 Å². The van der Waals surface area contributed by atoms with E-state index >= 15 is 0 Å².